The number of carbonyl (C=O) groups excluding carboxylic acids is 1. The maximum atomic E-state index is 11.9. The van der Waals surface area contributed by atoms with E-state index < -0.39 is 0 Å². The molecular weight excluding hydrogens is 372 g/mol. The molecule has 1 amide bonds. The van der Waals surface area contributed by atoms with Crippen LogP contribution in [0.2, 0.25) is 0 Å². The van der Waals surface area contributed by atoms with Gasteiger partial charge in [0.1, 0.15) is 11.5 Å². The number of hydrogen-bond donors (Lipinski definition) is 1. The van der Waals surface area contributed by atoms with Crippen LogP contribution in [0.4, 0.5) is 0 Å². The third kappa shape index (κ3) is 5.38. The molecule has 0 atom stereocenters. The second-order valence-corrected chi connectivity index (χ2v) is 5.83. The summed E-state index contributed by atoms with van der Waals surface area (Å²) in [7, 11) is 1.62. The lowest BCUT2D eigenvalue weighted by atomic mass is 10.1. The molecule has 0 unspecified atom stereocenters. The summed E-state index contributed by atoms with van der Waals surface area (Å²) in [6.07, 6.45) is 0.695. The molecule has 6 heteroatoms. The third-order valence-corrected chi connectivity index (χ3v) is 3.79. The van der Waals surface area contributed by atoms with Crippen LogP contribution in [-0.4, -0.2) is 25.3 Å². The van der Waals surface area contributed by atoms with Gasteiger partial charge >= 0.3 is 0 Å². The van der Waals surface area contributed by atoms with Gasteiger partial charge in [0.2, 0.25) is 0 Å². The molecule has 126 valence electrons. The summed E-state index contributed by atoms with van der Waals surface area (Å²) in [5.74, 6) is 1.10. The Balaban J connectivity index is 1.91. The molecule has 0 saturated heterocycles. The number of amides is 1. The van der Waals surface area contributed by atoms with Crippen molar-refractivity contribution in [2.75, 3.05) is 13.7 Å². The zero-order chi connectivity index (χ0) is 17.4. The number of rotatable bonds is 7. The van der Waals surface area contributed by atoms with Crippen molar-refractivity contribution in [3.05, 3.63) is 58.6 Å². The number of benzene rings is 2. The van der Waals surface area contributed by atoms with Gasteiger partial charge in [0.15, 0.2) is 6.61 Å². The van der Waals surface area contributed by atoms with E-state index in [0.29, 0.717) is 12.2 Å². The standard InChI is InChI=1S/C18H19BrN2O3/c1-3-17(13-4-8-15(23-2)9-5-13)20-21-18(22)12-24-16-10-6-14(19)7-11-16/h4-11H,3,12H2,1-2H3,(H,21,22)/b20-17-. The fourth-order valence-electron chi connectivity index (χ4n) is 1.97. The van der Waals surface area contributed by atoms with Gasteiger partial charge in [0, 0.05) is 4.47 Å². The van der Waals surface area contributed by atoms with Crippen molar-refractivity contribution in [3.8, 4) is 11.5 Å². The zero-order valence-corrected chi connectivity index (χ0v) is 15.2. The van der Waals surface area contributed by atoms with E-state index in [9.17, 15) is 4.79 Å². The molecule has 0 aliphatic heterocycles. The summed E-state index contributed by atoms with van der Waals surface area (Å²) in [6, 6.07) is 14.8. The molecule has 0 aliphatic carbocycles. The number of carbonyl (C=O) groups is 1. The number of nitrogens with one attached hydrogen (secondary N) is 1. The van der Waals surface area contributed by atoms with Crippen LogP contribution in [0.3, 0.4) is 0 Å². The van der Waals surface area contributed by atoms with Crippen LogP contribution in [0.1, 0.15) is 18.9 Å². The molecule has 5 nitrogen and oxygen atoms in total. The Bertz CT molecular complexity index is 697. The highest BCUT2D eigenvalue weighted by molar-refractivity contribution is 9.10. The Morgan fingerprint density at radius 3 is 2.29 bits per heavy atom. The molecule has 0 heterocycles. The van der Waals surface area contributed by atoms with Gasteiger partial charge in [-0.05, 0) is 60.5 Å². The quantitative estimate of drug-likeness (QED) is 0.578. The average Bonchev–Trinajstić information content (AvgIpc) is 2.62. The van der Waals surface area contributed by atoms with Crippen molar-refractivity contribution >= 4 is 27.5 Å². The minimum atomic E-state index is -0.308. The predicted molar refractivity (Wildman–Crippen MR) is 97.6 cm³/mol. The number of methoxy groups -OCH3 is 1. The highest BCUT2D eigenvalue weighted by atomic mass is 79.9. The van der Waals surface area contributed by atoms with E-state index in [1.807, 2.05) is 43.3 Å². The van der Waals surface area contributed by atoms with Crippen molar-refractivity contribution in [1.82, 2.24) is 5.43 Å². The summed E-state index contributed by atoms with van der Waals surface area (Å²) in [5.41, 5.74) is 4.25. The van der Waals surface area contributed by atoms with Crippen LogP contribution < -0.4 is 14.9 Å². The smallest absolute Gasteiger partial charge is 0.277 e. The number of halogens is 1. The van der Waals surface area contributed by atoms with Crippen LogP contribution in [0.15, 0.2) is 58.1 Å². The monoisotopic (exact) mass is 390 g/mol. The van der Waals surface area contributed by atoms with Crippen molar-refractivity contribution in [3.63, 3.8) is 0 Å². The maximum absolute atomic E-state index is 11.9. The van der Waals surface area contributed by atoms with Crippen LogP contribution in [0.25, 0.3) is 0 Å². The zero-order valence-electron chi connectivity index (χ0n) is 13.6. The highest BCUT2D eigenvalue weighted by Crippen LogP contribution is 2.16. The van der Waals surface area contributed by atoms with E-state index in [1.165, 1.54) is 0 Å². The fourth-order valence-corrected chi connectivity index (χ4v) is 2.24. The van der Waals surface area contributed by atoms with E-state index >= 15 is 0 Å². The van der Waals surface area contributed by atoms with Gasteiger partial charge in [-0.2, -0.15) is 5.10 Å². The first-order valence-corrected chi connectivity index (χ1v) is 8.30. The lowest BCUT2D eigenvalue weighted by Crippen LogP contribution is -2.26. The molecule has 24 heavy (non-hydrogen) atoms. The summed E-state index contributed by atoms with van der Waals surface area (Å²) >= 11 is 3.34. The van der Waals surface area contributed by atoms with Gasteiger partial charge < -0.3 is 9.47 Å². The third-order valence-electron chi connectivity index (χ3n) is 3.26. The Kier molecular flexibility index (Phi) is 6.81. The van der Waals surface area contributed by atoms with Crippen LogP contribution in [-0.2, 0) is 4.79 Å². The normalized spacial score (nSPS) is 11.0. The first-order chi connectivity index (χ1) is 11.6. The maximum Gasteiger partial charge on any atom is 0.277 e. The number of nitrogens with zero attached hydrogens (tertiary/aromatic N) is 1. The topological polar surface area (TPSA) is 59.9 Å². The van der Waals surface area contributed by atoms with Crippen molar-refractivity contribution in [2.24, 2.45) is 5.10 Å². The first kappa shape index (κ1) is 18.0. The SMILES string of the molecule is CC/C(=N/NC(=O)COc1ccc(Br)cc1)c1ccc(OC)cc1. The van der Waals surface area contributed by atoms with Crippen molar-refractivity contribution < 1.29 is 14.3 Å². The average molecular weight is 391 g/mol. The van der Waals surface area contributed by atoms with Crippen LogP contribution in [0.5, 0.6) is 11.5 Å². The summed E-state index contributed by atoms with van der Waals surface area (Å²) in [5, 5.41) is 4.18. The van der Waals surface area contributed by atoms with Gasteiger partial charge in [0.25, 0.3) is 5.91 Å². The molecule has 0 spiro atoms. The largest absolute Gasteiger partial charge is 0.497 e. The molecule has 0 aliphatic rings. The molecule has 0 saturated carbocycles. The number of ether oxygens (including phenoxy) is 2. The number of hydrazone groups is 1. The molecule has 0 bridgehead atoms. The second-order valence-electron chi connectivity index (χ2n) is 4.92. The van der Waals surface area contributed by atoms with Crippen LogP contribution >= 0.6 is 15.9 Å². The van der Waals surface area contributed by atoms with E-state index in [1.54, 1.807) is 19.2 Å². The summed E-state index contributed by atoms with van der Waals surface area (Å²) < 4.78 is 11.5. The van der Waals surface area contributed by atoms with Crippen molar-refractivity contribution in [1.29, 1.82) is 0 Å². The Morgan fingerprint density at radius 1 is 1.08 bits per heavy atom. The van der Waals surface area contributed by atoms with E-state index in [-0.39, 0.29) is 12.5 Å². The Labute approximate surface area is 149 Å². The molecule has 2 aromatic carbocycles. The highest BCUT2D eigenvalue weighted by Gasteiger charge is 2.05. The van der Waals surface area contributed by atoms with Crippen LogP contribution in [0, 0.1) is 0 Å². The minimum Gasteiger partial charge on any atom is -0.497 e. The number of hydrogen-bond acceptors (Lipinski definition) is 4. The van der Waals surface area contributed by atoms with E-state index in [0.717, 1.165) is 21.5 Å². The van der Waals surface area contributed by atoms with Gasteiger partial charge in [-0.15, -0.1) is 0 Å². The summed E-state index contributed by atoms with van der Waals surface area (Å²) in [6.45, 7) is 1.89. The molecule has 0 radical (unpaired) electrons. The fraction of sp³-hybridized carbons (Fsp3) is 0.222. The lowest BCUT2D eigenvalue weighted by molar-refractivity contribution is -0.123. The van der Waals surface area contributed by atoms with Gasteiger partial charge in [-0.3, -0.25) is 4.79 Å². The summed E-state index contributed by atoms with van der Waals surface area (Å²) in [4.78, 5) is 11.9. The Morgan fingerprint density at radius 2 is 1.71 bits per heavy atom. The van der Waals surface area contributed by atoms with Gasteiger partial charge in [-0.1, -0.05) is 22.9 Å². The first-order valence-electron chi connectivity index (χ1n) is 7.50. The Hall–Kier alpha value is -2.34. The molecule has 0 fully saturated rings. The second kappa shape index (κ2) is 9.08. The van der Waals surface area contributed by atoms with Crippen molar-refractivity contribution in [2.45, 2.75) is 13.3 Å². The molecule has 2 rings (SSSR count). The van der Waals surface area contributed by atoms with E-state index in [2.05, 4.69) is 26.5 Å². The lowest BCUT2D eigenvalue weighted by Gasteiger charge is -2.08. The minimum absolute atomic E-state index is 0.0925. The molecule has 2 aromatic rings. The van der Waals surface area contributed by atoms with Gasteiger partial charge in [0.05, 0.1) is 12.8 Å². The predicted octanol–water partition coefficient (Wildman–Crippen LogP) is 3.77. The van der Waals surface area contributed by atoms with E-state index in [4.69, 9.17) is 9.47 Å². The van der Waals surface area contributed by atoms with Gasteiger partial charge in [-0.25, -0.2) is 5.43 Å². The molecule has 1 N–H and O–H groups in total. The molecule has 0 aromatic heterocycles. The molecular formula is C18H19BrN2O3.